The Balaban J connectivity index is 2.71. The van der Waals surface area contributed by atoms with Crippen molar-refractivity contribution in [3.05, 3.63) is 39.9 Å². The van der Waals surface area contributed by atoms with E-state index >= 15 is 0 Å². The van der Waals surface area contributed by atoms with Crippen LogP contribution in [0.15, 0.2) is 24.3 Å². The predicted molar refractivity (Wildman–Crippen MR) is 59.8 cm³/mol. The minimum Gasteiger partial charge on any atom is -0.280 e. The Hall–Kier alpha value is -1.66. The second-order valence-corrected chi connectivity index (χ2v) is 3.63. The molecule has 0 aliphatic rings. The summed E-state index contributed by atoms with van der Waals surface area (Å²) in [5.41, 5.74) is -0.580. The third-order valence-electron chi connectivity index (χ3n) is 2.11. The Labute approximate surface area is 102 Å². The number of benzene rings is 1. The molecular weight excluding hydrogens is 250 g/mol. The molecule has 1 unspecified atom stereocenters. The summed E-state index contributed by atoms with van der Waals surface area (Å²) in [5.74, 6) is -0.299. The van der Waals surface area contributed by atoms with Crippen molar-refractivity contribution in [2.75, 3.05) is 6.61 Å². The lowest BCUT2D eigenvalue weighted by atomic mass is 10.0. The summed E-state index contributed by atoms with van der Waals surface area (Å²) in [5, 5.41) is 10.8. The molecule has 7 heteroatoms. The van der Waals surface area contributed by atoms with Crippen molar-refractivity contribution >= 4 is 22.7 Å². The molecule has 17 heavy (non-hydrogen) atoms. The van der Waals surface area contributed by atoms with Gasteiger partial charge in [0.1, 0.15) is 6.61 Å². The summed E-state index contributed by atoms with van der Waals surface area (Å²) in [6.07, 6.45) is 0. The van der Waals surface area contributed by atoms with Gasteiger partial charge in [-0.1, -0.05) is 25.1 Å². The van der Waals surface area contributed by atoms with E-state index in [-0.39, 0.29) is 18.2 Å². The van der Waals surface area contributed by atoms with Crippen molar-refractivity contribution < 1.29 is 19.5 Å². The van der Waals surface area contributed by atoms with Gasteiger partial charge >= 0.3 is 5.43 Å². The summed E-state index contributed by atoms with van der Waals surface area (Å²) in [6.45, 7) is 1.70. The highest BCUT2D eigenvalue weighted by Gasteiger charge is 2.18. The van der Waals surface area contributed by atoms with Crippen LogP contribution in [0, 0.1) is 10.1 Å². The monoisotopic (exact) mass is 259 g/mol. The normalized spacial score (nSPS) is 11.9. The highest BCUT2D eigenvalue weighted by atomic mass is 35.5. The van der Waals surface area contributed by atoms with Crippen LogP contribution >= 0.6 is 11.6 Å². The van der Waals surface area contributed by atoms with E-state index in [1.165, 1.54) is 6.07 Å². The van der Waals surface area contributed by atoms with Crippen molar-refractivity contribution in [2.24, 2.45) is 0 Å². The molecule has 6 nitrogen and oxygen atoms in total. The molecule has 0 aliphatic carbocycles. The van der Waals surface area contributed by atoms with Crippen molar-refractivity contribution in [1.82, 2.24) is 0 Å². The molecule has 0 spiro atoms. The first-order valence-corrected chi connectivity index (χ1v) is 5.12. The standard InChI is InChI=1S/C10H10ClNO5/c1-7(6-16-17-10(11)13)8-4-2-3-5-9(8)12(14)15/h2-5,7H,6H2,1H3. The Morgan fingerprint density at radius 1 is 1.53 bits per heavy atom. The molecule has 1 rings (SSSR count). The first kappa shape index (κ1) is 13.4. The zero-order valence-corrected chi connectivity index (χ0v) is 9.72. The molecule has 0 amide bonds. The molecule has 0 heterocycles. The van der Waals surface area contributed by atoms with Crippen LogP contribution in [0.2, 0.25) is 0 Å². The van der Waals surface area contributed by atoms with Crippen LogP contribution in [-0.4, -0.2) is 17.0 Å². The van der Waals surface area contributed by atoms with Gasteiger partial charge in [0.05, 0.1) is 4.92 Å². The molecule has 0 bridgehead atoms. The lowest BCUT2D eigenvalue weighted by Gasteiger charge is -2.10. The molecule has 0 aromatic heterocycles. The number of rotatable bonds is 5. The molecule has 92 valence electrons. The number of para-hydroxylation sites is 1. The molecule has 1 aromatic carbocycles. The molecule has 1 aromatic rings. The van der Waals surface area contributed by atoms with Crippen molar-refractivity contribution in [2.45, 2.75) is 12.8 Å². The average Bonchev–Trinajstić information content (AvgIpc) is 2.28. The van der Waals surface area contributed by atoms with E-state index in [1.54, 1.807) is 25.1 Å². The van der Waals surface area contributed by atoms with Crippen LogP contribution in [0.3, 0.4) is 0 Å². The van der Waals surface area contributed by atoms with Gasteiger partial charge in [-0.15, -0.1) is 0 Å². The van der Waals surface area contributed by atoms with Gasteiger partial charge in [-0.25, -0.2) is 4.79 Å². The quantitative estimate of drug-likeness (QED) is 0.351. The third-order valence-corrected chi connectivity index (χ3v) is 2.17. The van der Waals surface area contributed by atoms with E-state index in [4.69, 9.17) is 11.6 Å². The lowest BCUT2D eigenvalue weighted by molar-refractivity contribution is -0.385. The molecule has 0 radical (unpaired) electrons. The number of nitro benzene ring substituents is 1. The largest absolute Gasteiger partial charge is 0.435 e. The Morgan fingerprint density at radius 3 is 2.76 bits per heavy atom. The number of carbonyl (C=O) groups excluding carboxylic acids is 1. The number of hydrogen-bond acceptors (Lipinski definition) is 5. The first-order chi connectivity index (χ1) is 8.02. The third kappa shape index (κ3) is 4.01. The topological polar surface area (TPSA) is 78.7 Å². The summed E-state index contributed by atoms with van der Waals surface area (Å²) in [7, 11) is 0. The van der Waals surface area contributed by atoms with Crippen LogP contribution in [0.1, 0.15) is 18.4 Å². The lowest BCUT2D eigenvalue weighted by Crippen LogP contribution is -2.08. The fourth-order valence-corrected chi connectivity index (χ4v) is 1.39. The van der Waals surface area contributed by atoms with E-state index < -0.39 is 10.4 Å². The Bertz CT molecular complexity index is 423. The maximum absolute atomic E-state index is 10.8. The van der Waals surface area contributed by atoms with Crippen LogP contribution < -0.4 is 0 Å². The van der Waals surface area contributed by atoms with Gasteiger partial charge < -0.3 is 0 Å². The number of halogens is 1. The Kier molecular flexibility index (Phi) is 4.86. The highest BCUT2D eigenvalue weighted by molar-refractivity contribution is 6.61. The molecule has 0 saturated heterocycles. The molecule has 0 N–H and O–H groups in total. The maximum Gasteiger partial charge on any atom is 0.435 e. The second-order valence-electron chi connectivity index (χ2n) is 3.32. The summed E-state index contributed by atoms with van der Waals surface area (Å²) in [4.78, 5) is 29.2. The SMILES string of the molecule is CC(COOC(=O)Cl)c1ccccc1[N+](=O)[O-]. The van der Waals surface area contributed by atoms with Gasteiger partial charge in [-0.05, 0) is 0 Å². The Morgan fingerprint density at radius 2 is 2.18 bits per heavy atom. The molecule has 1 atom stereocenters. The van der Waals surface area contributed by atoms with Gasteiger partial charge in [0.2, 0.25) is 0 Å². The zero-order chi connectivity index (χ0) is 12.8. The van der Waals surface area contributed by atoms with E-state index in [9.17, 15) is 14.9 Å². The van der Waals surface area contributed by atoms with Crippen molar-refractivity contribution in [1.29, 1.82) is 0 Å². The minimum absolute atomic E-state index is 0.000741. The predicted octanol–water partition coefficient (Wildman–Crippen LogP) is 3.01. The average molecular weight is 260 g/mol. The van der Waals surface area contributed by atoms with Gasteiger partial charge in [-0.3, -0.25) is 15.0 Å². The van der Waals surface area contributed by atoms with E-state index in [0.717, 1.165) is 0 Å². The summed E-state index contributed by atoms with van der Waals surface area (Å²) in [6, 6.07) is 6.29. The molecule has 0 aliphatic heterocycles. The summed E-state index contributed by atoms with van der Waals surface area (Å²) >= 11 is 4.89. The number of hydrogen-bond donors (Lipinski definition) is 0. The van der Waals surface area contributed by atoms with E-state index in [1.807, 2.05) is 0 Å². The van der Waals surface area contributed by atoms with Gasteiger partial charge in [0.15, 0.2) is 0 Å². The van der Waals surface area contributed by atoms with Crippen LogP contribution in [-0.2, 0) is 9.78 Å². The van der Waals surface area contributed by atoms with Crippen molar-refractivity contribution in [3.8, 4) is 0 Å². The fourth-order valence-electron chi connectivity index (χ4n) is 1.34. The fraction of sp³-hybridized carbons (Fsp3) is 0.300. The van der Waals surface area contributed by atoms with E-state index in [2.05, 4.69) is 9.78 Å². The minimum atomic E-state index is -1.08. The molecular formula is C10H10ClNO5. The van der Waals surface area contributed by atoms with Gasteiger partial charge in [0.25, 0.3) is 5.69 Å². The highest BCUT2D eigenvalue weighted by Crippen LogP contribution is 2.26. The molecule has 0 fully saturated rings. The maximum atomic E-state index is 10.8. The second kappa shape index (κ2) is 6.17. The number of nitro groups is 1. The van der Waals surface area contributed by atoms with Gasteiger partial charge in [-0.2, -0.15) is 4.89 Å². The van der Waals surface area contributed by atoms with E-state index in [0.29, 0.717) is 5.56 Å². The molecule has 0 saturated carbocycles. The van der Waals surface area contributed by atoms with Crippen molar-refractivity contribution in [3.63, 3.8) is 0 Å². The zero-order valence-electron chi connectivity index (χ0n) is 8.96. The number of carbonyl (C=O) groups is 1. The summed E-state index contributed by atoms with van der Waals surface area (Å²) < 4.78 is 0. The van der Waals surface area contributed by atoms with Crippen LogP contribution in [0.4, 0.5) is 10.5 Å². The van der Waals surface area contributed by atoms with Crippen LogP contribution in [0.5, 0.6) is 0 Å². The number of nitrogens with zero attached hydrogens (tertiary/aromatic N) is 1. The van der Waals surface area contributed by atoms with Gasteiger partial charge in [0, 0.05) is 29.1 Å². The smallest absolute Gasteiger partial charge is 0.280 e. The first-order valence-electron chi connectivity index (χ1n) is 4.74. The van der Waals surface area contributed by atoms with Crippen LogP contribution in [0.25, 0.3) is 0 Å².